The van der Waals surface area contributed by atoms with E-state index in [1.54, 1.807) is 18.3 Å². The van der Waals surface area contributed by atoms with Crippen molar-refractivity contribution in [2.75, 3.05) is 19.6 Å². The summed E-state index contributed by atoms with van der Waals surface area (Å²) in [4.78, 5) is 115. The van der Waals surface area contributed by atoms with Crippen LogP contribution in [0.5, 0.6) is 5.75 Å². The molecule has 1 aliphatic carbocycles. The minimum atomic E-state index is -1.27. The maximum Gasteiger partial charge on any atom is 0.326 e. The van der Waals surface area contributed by atoms with Gasteiger partial charge in [0.05, 0.1) is 18.5 Å². The van der Waals surface area contributed by atoms with Gasteiger partial charge in [-0.2, -0.15) is 0 Å². The van der Waals surface area contributed by atoms with E-state index in [1.165, 1.54) is 17.0 Å². The van der Waals surface area contributed by atoms with Gasteiger partial charge in [-0.05, 0) is 74.5 Å². The molecule has 0 bridgehead atoms. The number of likely N-dealkylation sites (tertiary alicyclic amines) is 1. The molecule has 4 rings (SSSR count). The number of nitrogens with zero attached hydrogens (tertiary/aromatic N) is 3. The molecule has 0 spiro atoms. The molecule has 65 heavy (non-hydrogen) atoms. The number of amides is 4. The molecule has 1 saturated carbocycles. The Kier molecular flexibility index (Phi) is 19.6. The van der Waals surface area contributed by atoms with E-state index in [-0.39, 0.29) is 81.2 Å². The van der Waals surface area contributed by atoms with Crippen LogP contribution in [0, 0.1) is 29.6 Å². The minimum Gasteiger partial charge on any atom is -0.508 e. The quantitative estimate of drug-likeness (QED) is 0.0337. The van der Waals surface area contributed by atoms with Crippen molar-refractivity contribution < 1.29 is 53.7 Å². The highest BCUT2D eigenvalue weighted by atomic mass is 16.4. The van der Waals surface area contributed by atoms with E-state index in [4.69, 9.17) is 22.3 Å². The van der Waals surface area contributed by atoms with Crippen LogP contribution < -0.4 is 33.2 Å². The fourth-order valence-electron chi connectivity index (χ4n) is 8.39. The number of aliphatic imine (C=N–C) groups is 2. The Morgan fingerprint density at radius 2 is 1.63 bits per heavy atom. The predicted octanol–water partition coefficient (Wildman–Crippen LogP) is 0.923. The van der Waals surface area contributed by atoms with E-state index < -0.39 is 89.6 Å². The van der Waals surface area contributed by atoms with Crippen LogP contribution in [-0.4, -0.2) is 123 Å². The maximum atomic E-state index is 14.3. The van der Waals surface area contributed by atoms with E-state index in [0.29, 0.717) is 56.2 Å². The lowest BCUT2D eigenvalue weighted by Gasteiger charge is -2.35. The number of hydrogen-bond donors (Lipinski definition) is 9. The Labute approximate surface area is 378 Å². The van der Waals surface area contributed by atoms with Gasteiger partial charge in [-0.3, -0.25) is 43.5 Å². The molecule has 1 unspecified atom stereocenters. The number of phenols is 1. The fourth-order valence-corrected chi connectivity index (χ4v) is 8.39. The van der Waals surface area contributed by atoms with Gasteiger partial charge in [-0.25, -0.2) is 4.79 Å². The highest BCUT2D eigenvalue weighted by Crippen LogP contribution is 2.34. The predicted molar refractivity (Wildman–Crippen MR) is 239 cm³/mol. The molecule has 20 nitrogen and oxygen atoms in total. The average molecular weight is 908 g/mol. The Hall–Kier alpha value is -6.18. The van der Waals surface area contributed by atoms with Gasteiger partial charge < -0.3 is 53.4 Å². The number of nitrogens with two attached hydrogens (primary N) is 3. The van der Waals surface area contributed by atoms with Gasteiger partial charge in [0, 0.05) is 75.0 Å². The summed E-state index contributed by atoms with van der Waals surface area (Å²) in [5, 5.41) is 37.3. The molecule has 2 aliphatic heterocycles. The van der Waals surface area contributed by atoms with Crippen LogP contribution in [-0.2, 0) is 44.8 Å². The zero-order valence-electron chi connectivity index (χ0n) is 37.2. The van der Waals surface area contributed by atoms with Crippen LogP contribution in [0.4, 0.5) is 0 Å². The zero-order valence-corrected chi connectivity index (χ0v) is 37.2. The number of carbonyl (C=O) groups excluding carboxylic acids is 6. The summed E-state index contributed by atoms with van der Waals surface area (Å²) >= 11 is 0. The topological polar surface area (TPSA) is 339 Å². The minimum absolute atomic E-state index is 0.0131. The first-order valence-electron chi connectivity index (χ1n) is 22.4. The number of benzene rings is 1. The number of aromatic hydroxyl groups is 1. The number of rotatable bonds is 27. The molecule has 7 atom stereocenters. The number of carbonyl (C=O) groups is 8. The van der Waals surface area contributed by atoms with Gasteiger partial charge in [0.25, 0.3) is 0 Å². The second kappa shape index (κ2) is 24.8. The standard InChI is InChI=1S/C45H65N9O11/c1-3-25(2)32(42(62)53-35(21-30-8-5-14-49-30)43(63)54-16-6-9-36(54)44(64)65)22-38(57)34(19-26-10-12-31(55)13-11-26)52-41(61)29-17-27(18-29)24-51-40(60)28(7-4-15-50-45(47)48)20-37(56)33(46)23-39(58)59/h8,10-14,25,27-29,32-36,55H,3-7,9,15-24,46H2,1-2H3,(H,51,60)(H,52,61)(H,53,62)(H,58,59)(H,64,65)(H4,47,48,50)/t25?,27?,28-,29?,32+,33+,34+,35+,36+/m1/s1. The van der Waals surface area contributed by atoms with Gasteiger partial charge in [0.2, 0.25) is 23.6 Å². The molecule has 1 aromatic rings. The van der Waals surface area contributed by atoms with Crippen molar-refractivity contribution in [3.63, 3.8) is 0 Å². The van der Waals surface area contributed by atoms with E-state index in [0.717, 1.165) is 0 Å². The third-order valence-corrected chi connectivity index (χ3v) is 12.5. The lowest BCUT2D eigenvalue weighted by atomic mass is 9.74. The molecule has 356 valence electrons. The molecule has 3 aliphatic rings. The average Bonchev–Trinajstić information content (AvgIpc) is 3.96. The van der Waals surface area contributed by atoms with E-state index in [1.807, 2.05) is 19.9 Å². The number of hydrogen-bond acceptors (Lipinski definition) is 12. The number of nitrogens with one attached hydrogen (secondary N) is 3. The third kappa shape index (κ3) is 15.8. The molecule has 4 amide bonds. The number of ketones is 2. The summed E-state index contributed by atoms with van der Waals surface area (Å²) in [5.74, 6) is -8.03. The van der Waals surface area contributed by atoms with E-state index >= 15 is 0 Å². The molecule has 1 saturated heterocycles. The summed E-state index contributed by atoms with van der Waals surface area (Å²) in [7, 11) is 0. The van der Waals surface area contributed by atoms with E-state index in [9.17, 15) is 48.6 Å². The lowest BCUT2D eigenvalue weighted by molar-refractivity contribution is -0.149. The second-order valence-corrected chi connectivity index (χ2v) is 17.4. The zero-order chi connectivity index (χ0) is 47.8. The normalized spacial score (nSPS) is 20.4. The summed E-state index contributed by atoms with van der Waals surface area (Å²) in [6.45, 7) is 4.34. The van der Waals surface area contributed by atoms with Gasteiger partial charge in [0.15, 0.2) is 17.5 Å². The van der Waals surface area contributed by atoms with Gasteiger partial charge >= 0.3 is 11.9 Å². The van der Waals surface area contributed by atoms with Crippen molar-refractivity contribution in [2.24, 2.45) is 56.8 Å². The molecule has 20 heteroatoms. The highest BCUT2D eigenvalue weighted by Gasteiger charge is 2.41. The highest BCUT2D eigenvalue weighted by molar-refractivity contribution is 5.96. The first-order valence-corrected chi connectivity index (χ1v) is 22.4. The molecule has 1 aromatic carbocycles. The van der Waals surface area contributed by atoms with Crippen molar-refractivity contribution >= 4 is 59.3 Å². The van der Waals surface area contributed by atoms with Crippen LogP contribution in [0.2, 0.25) is 0 Å². The first kappa shape index (κ1) is 51.5. The number of carboxylic acids is 2. The molecule has 0 aromatic heterocycles. The largest absolute Gasteiger partial charge is 0.508 e. The molecule has 2 heterocycles. The Morgan fingerprint density at radius 3 is 2.25 bits per heavy atom. The summed E-state index contributed by atoms with van der Waals surface area (Å²) in [5.41, 5.74) is 17.8. The summed E-state index contributed by atoms with van der Waals surface area (Å²) < 4.78 is 0. The number of guanidine groups is 1. The van der Waals surface area contributed by atoms with Crippen molar-refractivity contribution in [3.05, 3.63) is 41.6 Å². The molecule has 0 radical (unpaired) electrons. The van der Waals surface area contributed by atoms with Gasteiger partial charge in [-0.15, -0.1) is 0 Å². The lowest BCUT2D eigenvalue weighted by Crippen LogP contribution is -2.54. The molecular weight excluding hydrogens is 843 g/mol. The molecule has 12 N–H and O–H groups in total. The fraction of sp³-hybridized carbons (Fsp3) is 0.600. The Bertz CT molecular complexity index is 1980. The van der Waals surface area contributed by atoms with Crippen molar-refractivity contribution in [1.82, 2.24) is 20.9 Å². The number of Topliss-reactive ketones (excluding diaryl/α,β-unsaturated/α-hetero) is 2. The molecule has 2 fully saturated rings. The van der Waals surface area contributed by atoms with Gasteiger partial charge in [-0.1, -0.05) is 38.5 Å². The van der Waals surface area contributed by atoms with Crippen molar-refractivity contribution in [3.8, 4) is 5.75 Å². The van der Waals surface area contributed by atoms with Crippen LogP contribution in [0.3, 0.4) is 0 Å². The first-order chi connectivity index (χ1) is 30.9. The number of allylic oxidation sites excluding steroid dienone is 1. The van der Waals surface area contributed by atoms with Crippen LogP contribution >= 0.6 is 0 Å². The monoisotopic (exact) mass is 907 g/mol. The third-order valence-electron chi connectivity index (χ3n) is 12.5. The summed E-state index contributed by atoms with van der Waals surface area (Å²) in [6.07, 6.45) is 5.72. The SMILES string of the molecule is CCC(C)[C@H](CC(=O)[C@H](Cc1ccc(O)cc1)NC(=O)C1CC(CNC(=O)[C@H](CCCN=C(N)N)CC(=O)[C@@H](N)CC(=O)O)C1)C(=O)N[C@@H](CC1=CCC=N1)C(=O)N1CCC[C@H]1C(=O)O. The number of phenolic OH excluding ortho intramolecular Hbond substituents is 1. The summed E-state index contributed by atoms with van der Waals surface area (Å²) in [6, 6.07) is 1.70. The van der Waals surface area contributed by atoms with Crippen LogP contribution in [0.1, 0.15) is 96.5 Å². The smallest absolute Gasteiger partial charge is 0.326 e. The molecular formula is C45H65N9O11. The van der Waals surface area contributed by atoms with E-state index in [2.05, 4.69) is 25.9 Å². The van der Waals surface area contributed by atoms with Crippen molar-refractivity contribution in [1.29, 1.82) is 0 Å². The number of aliphatic carboxylic acids is 2. The van der Waals surface area contributed by atoms with Crippen molar-refractivity contribution in [2.45, 2.75) is 121 Å². The van der Waals surface area contributed by atoms with Gasteiger partial charge in [0.1, 0.15) is 17.8 Å². The number of carboxylic acid groups (broad SMARTS) is 2. The van der Waals surface area contributed by atoms with Crippen LogP contribution in [0.25, 0.3) is 0 Å². The second-order valence-electron chi connectivity index (χ2n) is 17.4. The Balaban J connectivity index is 1.42. The maximum absolute atomic E-state index is 14.3. The van der Waals surface area contributed by atoms with Crippen LogP contribution in [0.15, 0.2) is 46.0 Å². The Morgan fingerprint density at radius 1 is 0.923 bits per heavy atom.